The van der Waals surface area contributed by atoms with Crippen molar-refractivity contribution in [1.29, 1.82) is 0 Å². The van der Waals surface area contributed by atoms with Gasteiger partial charge in [-0.1, -0.05) is 0 Å². The second kappa shape index (κ2) is 6.65. The quantitative estimate of drug-likeness (QED) is 0.789. The molecule has 1 unspecified atom stereocenters. The van der Waals surface area contributed by atoms with Crippen molar-refractivity contribution in [2.24, 2.45) is 0 Å². The van der Waals surface area contributed by atoms with E-state index >= 15 is 0 Å². The maximum atomic E-state index is 11.2. The maximum Gasteiger partial charge on any atom is 0.349 e. The van der Waals surface area contributed by atoms with Crippen LogP contribution in [0.1, 0.15) is 18.6 Å². The fraction of sp³-hybridized carbons (Fsp3) is 0.385. The van der Waals surface area contributed by atoms with Crippen LogP contribution < -0.4 is 14.2 Å². The Labute approximate surface area is 116 Å². The van der Waals surface area contributed by atoms with Crippen molar-refractivity contribution in [3.05, 3.63) is 17.7 Å². The van der Waals surface area contributed by atoms with Crippen LogP contribution in [-0.2, 0) is 14.3 Å². The van der Waals surface area contributed by atoms with Crippen LogP contribution in [0, 0.1) is 0 Å². The second-order valence-corrected chi connectivity index (χ2v) is 3.79. The molecule has 1 N–H and O–H groups in total. The average molecular weight is 284 g/mol. The number of carbonyl (C=O) groups excluding carboxylic acids is 1. The zero-order valence-electron chi connectivity index (χ0n) is 11.6. The van der Waals surface area contributed by atoms with Crippen LogP contribution in [0.4, 0.5) is 0 Å². The minimum absolute atomic E-state index is 0.210. The van der Waals surface area contributed by atoms with Crippen molar-refractivity contribution in [3.63, 3.8) is 0 Å². The van der Waals surface area contributed by atoms with Crippen LogP contribution in [0.2, 0.25) is 0 Å². The molecular formula is C13H16O7. The Morgan fingerprint density at radius 2 is 1.55 bits per heavy atom. The summed E-state index contributed by atoms with van der Waals surface area (Å²) in [6.45, 7) is 1.13. The first-order valence-corrected chi connectivity index (χ1v) is 5.64. The first kappa shape index (κ1) is 15.6. The fourth-order valence-electron chi connectivity index (χ4n) is 1.68. The molecule has 0 radical (unpaired) electrons. The van der Waals surface area contributed by atoms with Gasteiger partial charge in [0.15, 0.2) is 11.5 Å². The van der Waals surface area contributed by atoms with E-state index in [2.05, 4.69) is 0 Å². The molecule has 7 nitrogen and oxygen atoms in total. The molecule has 0 spiro atoms. The summed E-state index contributed by atoms with van der Waals surface area (Å²) in [5.41, 5.74) is 0.210. The minimum atomic E-state index is -1.44. The van der Waals surface area contributed by atoms with Crippen LogP contribution in [0.25, 0.3) is 0 Å². The van der Waals surface area contributed by atoms with Crippen LogP contribution in [0.5, 0.6) is 17.2 Å². The zero-order chi connectivity index (χ0) is 15.3. The Bertz CT molecular complexity index is 484. The van der Waals surface area contributed by atoms with Crippen molar-refractivity contribution < 1.29 is 33.6 Å². The monoisotopic (exact) mass is 284 g/mol. The van der Waals surface area contributed by atoms with E-state index < -0.39 is 18.0 Å². The first-order valence-electron chi connectivity index (χ1n) is 5.64. The molecule has 0 aliphatic heterocycles. The number of aliphatic carboxylic acids is 1. The van der Waals surface area contributed by atoms with E-state index in [0.29, 0.717) is 5.75 Å². The number of carboxylic acid groups (broad SMARTS) is 1. The van der Waals surface area contributed by atoms with E-state index in [-0.39, 0.29) is 17.1 Å². The molecule has 0 heterocycles. The van der Waals surface area contributed by atoms with Crippen molar-refractivity contribution in [3.8, 4) is 17.2 Å². The highest BCUT2D eigenvalue weighted by Crippen LogP contribution is 2.40. The number of rotatable bonds is 6. The number of esters is 1. The van der Waals surface area contributed by atoms with Gasteiger partial charge in [0.2, 0.25) is 11.9 Å². The van der Waals surface area contributed by atoms with Crippen molar-refractivity contribution in [2.45, 2.75) is 13.0 Å². The predicted octanol–water partition coefficient (Wildman–Crippen LogP) is 1.40. The third-order valence-electron chi connectivity index (χ3n) is 2.50. The summed E-state index contributed by atoms with van der Waals surface area (Å²) in [7, 11) is 4.24. The van der Waals surface area contributed by atoms with Gasteiger partial charge in [0.1, 0.15) is 0 Å². The molecule has 1 atom stereocenters. The van der Waals surface area contributed by atoms with E-state index in [1.54, 1.807) is 0 Å². The number of methoxy groups -OCH3 is 3. The fourth-order valence-corrected chi connectivity index (χ4v) is 1.68. The number of carboxylic acids is 1. The van der Waals surface area contributed by atoms with Gasteiger partial charge in [-0.15, -0.1) is 0 Å². The molecule has 110 valence electrons. The molecule has 7 heteroatoms. The van der Waals surface area contributed by atoms with E-state index in [9.17, 15) is 9.59 Å². The van der Waals surface area contributed by atoms with Gasteiger partial charge in [-0.3, -0.25) is 4.79 Å². The summed E-state index contributed by atoms with van der Waals surface area (Å²) >= 11 is 0. The van der Waals surface area contributed by atoms with Gasteiger partial charge in [0.05, 0.1) is 21.3 Å². The molecule has 20 heavy (non-hydrogen) atoms. The maximum absolute atomic E-state index is 11.2. The summed E-state index contributed by atoms with van der Waals surface area (Å²) in [6.07, 6.45) is -1.44. The molecule has 1 rings (SSSR count). The van der Waals surface area contributed by atoms with Crippen molar-refractivity contribution in [1.82, 2.24) is 0 Å². The third kappa shape index (κ3) is 3.31. The van der Waals surface area contributed by atoms with Gasteiger partial charge in [0.25, 0.3) is 0 Å². The van der Waals surface area contributed by atoms with E-state index in [1.807, 2.05) is 0 Å². The van der Waals surface area contributed by atoms with E-state index in [4.69, 9.17) is 24.1 Å². The predicted molar refractivity (Wildman–Crippen MR) is 68.2 cm³/mol. The largest absolute Gasteiger partial charge is 0.493 e. The van der Waals surface area contributed by atoms with Crippen LogP contribution in [0.3, 0.4) is 0 Å². The molecule has 0 aromatic heterocycles. The number of benzene rings is 1. The lowest BCUT2D eigenvalue weighted by molar-refractivity contribution is -0.163. The minimum Gasteiger partial charge on any atom is -0.493 e. The molecule has 0 saturated heterocycles. The van der Waals surface area contributed by atoms with E-state index in [1.165, 1.54) is 33.5 Å². The lowest BCUT2D eigenvalue weighted by Crippen LogP contribution is -2.18. The zero-order valence-corrected chi connectivity index (χ0v) is 11.6. The highest BCUT2D eigenvalue weighted by molar-refractivity contribution is 5.79. The van der Waals surface area contributed by atoms with Gasteiger partial charge in [-0.2, -0.15) is 0 Å². The summed E-state index contributed by atoms with van der Waals surface area (Å²) in [5, 5.41) is 9.14. The molecule has 1 aromatic rings. The average Bonchev–Trinajstić information content (AvgIpc) is 2.42. The molecule has 1 aromatic carbocycles. The molecule has 0 aliphatic rings. The SMILES string of the molecule is COc1cc(C(OC(C)=O)C(=O)O)cc(OC)c1OC. The van der Waals surface area contributed by atoms with Crippen LogP contribution >= 0.6 is 0 Å². The third-order valence-corrected chi connectivity index (χ3v) is 2.50. The number of ether oxygens (including phenoxy) is 4. The molecule has 0 saturated carbocycles. The van der Waals surface area contributed by atoms with Gasteiger partial charge in [-0.05, 0) is 12.1 Å². The Morgan fingerprint density at radius 3 is 1.85 bits per heavy atom. The smallest absolute Gasteiger partial charge is 0.349 e. The first-order chi connectivity index (χ1) is 9.44. The number of carbonyl (C=O) groups is 2. The normalized spacial score (nSPS) is 11.4. The van der Waals surface area contributed by atoms with Crippen molar-refractivity contribution in [2.75, 3.05) is 21.3 Å². The standard InChI is InChI=1S/C13H16O7/c1-7(14)20-11(13(15)16)8-5-9(17-2)12(19-4)10(6-8)18-3/h5-6,11H,1-4H3,(H,15,16). The van der Waals surface area contributed by atoms with Crippen LogP contribution in [-0.4, -0.2) is 38.4 Å². The summed E-state index contributed by atoms with van der Waals surface area (Å²) in [5.74, 6) is -1.12. The lowest BCUT2D eigenvalue weighted by atomic mass is 10.1. The van der Waals surface area contributed by atoms with Gasteiger partial charge >= 0.3 is 11.9 Å². The Kier molecular flexibility index (Phi) is 5.19. The summed E-state index contributed by atoms with van der Waals surface area (Å²) in [4.78, 5) is 22.2. The van der Waals surface area contributed by atoms with Crippen molar-refractivity contribution >= 4 is 11.9 Å². The Morgan fingerprint density at radius 1 is 1.05 bits per heavy atom. The summed E-state index contributed by atoms with van der Waals surface area (Å²) < 4.78 is 20.1. The summed E-state index contributed by atoms with van der Waals surface area (Å²) in [6, 6.07) is 2.84. The topological polar surface area (TPSA) is 91.3 Å². The van der Waals surface area contributed by atoms with Gasteiger partial charge in [-0.25, -0.2) is 4.79 Å². The molecule has 0 amide bonds. The molecule has 0 bridgehead atoms. The molecule has 0 fully saturated rings. The highest BCUT2D eigenvalue weighted by Gasteiger charge is 2.26. The number of hydrogen-bond donors (Lipinski definition) is 1. The Balaban J connectivity index is 3.35. The van der Waals surface area contributed by atoms with E-state index in [0.717, 1.165) is 6.92 Å². The molecule has 0 aliphatic carbocycles. The second-order valence-electron chi connectivity index (χ2n) is 3.79. The number of hydrogen-bond acceptors (Lipinski definition) is 6. The van der Waals surface area contributed by atoms with Gasteiger partial charge in [0, 0.05) is 12.5 Å². The van der Waals surface area contributed by atoms with Gasteiger partial charge < -0.3 is 24.1 Å². The highest BCUT2D eigenvalue weighted by atomic mass is 16.6. The molecular weight excluding hydrogens is 268 g/mol. The Hall–Kier alpha value is -2.44. The van der Waals surface area contributed by atoms with Crippen LogP contribution in [0.15, 0.2) is 12.1 Å². The lowest BCUT2D eigenvalue weighted by Gasteiger charge is -2.17.